The van der Waals surface area contributed by atoms with Crippen molar-refractivity contribution in [1.29, 1.82) is 0 Å². The van der Waals surface area contributed by atoms with Gasteiger partial charge in [0.2, 0.25) is 5.28 Å². The zero-order chi connectivity index (χ0) is 18.1. The minimum absolute atomic E-state index is 0.0974. The molecule has 2 fully saturated rings. The zero-order valence-corrected chi connectivity index (χ0v) is 15.2. The summed E-state index contributed by atoms with van der Waals surface area (Å²) in [5.41, 5.74) is 0.708. The highest BCUT2D eigenvalue weighted by atomic mass is 35.5. The molecule has 1 aromatic heterocycles. The van der Waals surface area contributed by atoms with Gasteiger partial charge in [0.05, 0.1) is 5.92 Å². The molecule has 3 aliphatic rings. The molecule has 2 saturated carbocycles. The molecule has 0 spiro atoms. The number of hydrogen-bond acceptors (Lipinski definition) is 4. The predicted molar refractivity (Wildman–Crippen MR) is 91.1 cm³/mol. The topological polar surface area (TPSA) is 41.1 Å². The molecule has 2 heterocycles. The van der Waals surface area contributed by atoms with Crippen molar-refractivity contribution in [3.63, 3.8) is 0 Å². The maximum Gasteiger partial charge on any atom is 0.392 e. The lowest BCUT2D eigenvalue weighted by molar-refractivity contribution is -0.191. The smallest absolute Gasteiger partial charge is 0.373 e. The Bertz CT molecular complexity index is 706. The average molecular weight is 375 g/mol. The van der Waals surface area contributed by atoms with E-state index in [9.17, 15) is 13.2 Å². The number of nitrogens with zero attached hydrogens (tertiary/aromatic N) is 3. The lowest BCUT2D eigenvalue weighted by Gasteiger charge is -2.40. The second-order valence-corrected chi connectivity index (χ2v) is 8.50. The third-order valence-electron chi connectivity index (χ3n) is 6.32. The predicted octanol–water partition coefficient (Wildman–Crippen LogP) is 4.25. The van der Waals surface area contributed by atoms with E-state index in [1.807, 2.05) is 0 Å². The van der Waals surface area contributed by atoms with Gasteiger partial charge in [-0.3, -0.25) is 0 Å². The van der Waals surface area contributed by atoms with Crippen molar-refractivity contribution < 1.29 is 13.2 Å². The van der Waals surface area contributed by atoms with E-state index < -0.39 is 12.1 Å². The Labute approximate surface area is 150 Å². The van der Waals surface area contributed by atoms with E-state index in [0.717, 1.165) is 12.0 Å². The van der Waals surface area contributed by atoms with Crippen LogP contribution in [-0.2, 0) is 5.41 Å². The van der Waals surface area contributed by atoms with Crippen LogP contribution >= 0.6 is 11.6 Å². The van der Waals surface area contributed by atoms with Crippen LogP contribution in [0.1, 0.15) is 38.7 Å². The highest BCUT2D eigenvalue weighted by Crippen LogP contribution is 2.59. The quantitative estimate of drug-likeness (QED) is 0.786. The molecule has 4 atom stereocenters. The molecular formula is C17H22ClF3N4. The number of fused-ring (bicyclic) bond motifs is 2. The maximum atomic E-state index is 13.4. The largest absolute Gasteiger partial charge is 0.392 e. The molecule has 8 heteroatoms. The third-order valence-corrected chi connectivity index (χ3v) is 6.49. The van der Waals surface area contributed by atoms with Gasteiger partial charge in [0.1, 0.15) is 11.6 Å². The summed E-state index contributed by atoms with van der Waals surface area (Å²) < 4.78 is 40.3. The van der Waals surface area contributed by atoms with Crippen molar-refractivity contribution >= 4 is 23.2 Å². The van der Waals surface area contributed by atoms with E-state index in [1.165, 1.54) is 0 Å². The number of aromatic nitrogens is 2. The second kappa shape index (κ2) is 5.38. The van der Waals surface area contributed by atoms with Crippen molar-refractivity contribution in [3.05, 3.63) is 10.8 Å². The molecule has 25 heavy (non-hydrogen) atoms. The molecule has 0 radical (unpaired) electrons. The molecule has 0 saturated heterocycles. The summed E-state index contributed by atoms with van der Waals surface area (Å²) in [4.78, 5) is 10.7. The monoisotopic (exact) mass is 374 g/mol. The first-order chi connectivity index (χ1) is 11.6. The molecule has 0 amide bonds. The number of halogens is 4. The van der Waals surface area contributed by atoms with E-state index in [0.29, 0.717) is 24.6 Å². The van der Waals surface area contributed by atoms with Crippen LogP contribution < -0.4 is 10.2 Å². The summed E-state index contributed by atoms with van der Waals surface area (Å²) in [6.45, 7) is 4.81. The van der Waals surface area contributed by atoms with Gasteiger partial charge in [0, 0.05) is 30.6 Å². The van der Waals surface area contributed by atoms with Crippen LogP contribution in [0.4, 0.5) is 24.8 Å². The number of rotatable bonds is 2. The first-order valence-corrected chi connectivity index (χ1v) is 9.10. The van der Waals surface area contributed by atoms with E-state index in [4.69, 9.17) is 11.6 Å². The summed E-state index contributed by atoms with van der Waals surface area (Å²) in [6, 6.07) is -0.124. The summed E-state index contributed by atoms with van der Waals surface area (Å²) in [6.07, 6.45) is -2.41. The van der Waals surface area contributed by atoms with E-state index in [2.05, 4.69) is 34.0 Å². The standard InChI is InChI=1S/C17H22ClF3N4/c1-16(2)7-25(14-12(16)13(22-3)23-15(18)24-14)11-6-10(17(19,20)21)8-4-5-9(8)11/h8-11H,4-7H2,1-3H3,(H,22,23,24). The maximum absolute atomic E-state index is 13.4. The summed E-state index contributed by atoms with van der Waals surface area (Å²) in [5, 5.41) is 3.19. The Morgan fingerprint density at radius 2 is 1.88 bits per heavy atom. The fourth-order valence-electron chi connectivity index (χ4n) is 5.16. The number of anilines is 2. The first kappa shape index (κ1) is 17.2. The minimum atomic E-state index is -4.12. The highest BCUT2D eigenvalue weighted by Gasteiger charge is 2.60. The van der Waals surface area contributed by atoms with Crippen LogP contribution in [-0.4, -0.2) is 35.8 Å². The average Bonchev–Trinajstić information content (AvgIpc) is 2.88. The number of hydrogen-bond donors (Lipinski definition) is 1. The van der Waals surface area contributed by atoms with Crippen molar-refractivity contribution in [2.75, 3.05) is 23.8 Å². The van der Waals surface area contributed by atoms with Crippen LogP contribution in [0.3, 0.4) is 0 Å². The zero-order valence-electron chi connectivity index (χ0n) is 14.5. The van der Waals surface area contributed by atoms with E-state index >= 15 is 0 Å². The Balaban J connectivity index is 1.74. The molecule has 0 bridgehead atoms. The van der Waals surface area contributed by atoms with Crippen LogP contribution in [0.2, 0.25) is 5.28 Å². The normalized spacial score (nSPS) is 33.0. The van der Waals surface area contributed by atoms with Crippen molar-refractivity contribution in [2.45, 2.75) is 50.7 Å². The molecule has 1 N–H and O–H groups in total. The van der Waals surface area contributed by atoms with Gasteiger partial charge in [0.25, 0.3) is 0 Å². The molecule has 1 aliphatic heterocycles. The Kier molecular flexibility index (Phi) is 3.70. The van der Waals surface area contributed by atoms with E-state index in [1.54, 1.807) is 7.05 Å². The van der Waals surface area contributed by atoms with Crippen LogP contribution in [0.15, 0.2) is 0 Å². The van der Waals surface area contributed by atoms with Gasteiger partial charge in [0.15, 0.2) is 0 Å². The Morgan fingerprint density at radius 1 is 1.20 bits per heavy atom. The van der Waals surface area contributed by atoms with Crippen molar-refractivity contribution in [1.82, 2.24) is 9.97 Å². The minimum Gasteiger partial charge on any atom is -0.373 e. The fraction of sp³-hybridized carbons (Fsp3) is 0.765. The van der Waals surface area contributed by atoms with Gasteiger partial charge < -0.3 is 10.2 Å². The van der Waals surface area contributed by atoms with Gasteiger partial charge in [-0.2, -0.15) is 13.2 Å². The Hall–Kier alpha value is -1.24. The van der Waals surface area contributed by atoms with Gasteiger partial charge >= 0.3 is 6.18 Å². The van der Waals surface area contributed by atoms with Gasteiger partial charge in [-0.05, 0) is 42.7 Å². The molecular weight excluding hydrogens is 353 g/mol. The highest BCUT2D eigenvalue weighted by molar-refractivity contribution is 6.28. The summed E-state index contributed by atoms with van der Waals surface area (Å²) in [5.74, 6) is 0.0359. The molecule has 4 nitrogen and oxygen atoms in total. The van der Waals surface area contributed by atoms with Gasteiger partial charge in [-0.1, -0.05) is 13.8 Å². The molecule has 138 valence electrons. The summed E-state index contributed by atoms with van der Waals surface area (Å²) in [7, 11) is 1.77. The molecule has 2 aliphatic carbocycles. The molecule has 1 aromatic rings. The lowest BCUT2D eigenvalue weighted by atomic mass is 9.71. The molecule has 0 aromatic carbocycles. The molecule has 4 rings (SSSR count). The van der Waals surface area contributed by atoms with Crippen LogP contribution in [0.25, 0.3) is 0 Å². The number of alkyl halides is 3. The number of nitrogens with one attached hydrogen (secondary N) is 1. The third kappa shape index (κ3) is 2.49. The SMILES string of the molecule is CNc1nc(Cl)nc2c1C(C)(C)CN2C1CC(C(F)(F)F)C2CCC21. The fourth-order valence-corrected chi connectivity index (χ4v) is 5.33. The van der Waals surface area contributed by atoms with Crippen molar-refractivity contribution in [2.24, 2.45) is 17.8 Å². The lowest BCUT2D eigenvalue weighted by Crippen LogP contribution is -2.43. The van der Waals surface area contributed by atoms with Crippen LogP contribution in [0.5, 0.6) is 0 Å². The van der Waals surface area contributed by atoms with Gasteiger partial charge in [-0.25, -0.2) is 9.97 Å². The Morgan fingerprint density at radius 3 is 2.40 bits per heavy atom. The first-order valence-electron chi connectivity index (χ1n) is 8.72. The summed E-state index contributed by atoms with van der Waals surface area (Å²) >= 11 is 6.08. The molecule has 4 unspecified atom stereocenters. The van der Waals surface area contributed by atoms with Crippen molar-refractivity contribution in [3.8, 4) is 0 Å². The second-order valence-electron chi connectivity index (χ2n) is 8.16. The van der Waals surface area contributed by atoms with E-state index in [-0.39, 0.29) is 35.0 Å². The van der Waals surface area contributed by atoms with Crippen LogP contribution in [0, 0.1) is 17.8 Å². The van der Waals surface area contributed by atoms with Gasteiger partial charge in [-0.15, -0.1) is 0 Å².